The van der Waals surface area contributed by atoms with Crippen molar-refractivity contribution in [3.8, 4) is 0 Å². The van der Waals surface area contributed by atoms with Crippen molar-refractivity contribution in [2.75, 3.05) is 0 Å². The van der Waals surface area contributed by atoms with Crippen LogP contribution >= 0.6 is 0 Å². The molecule has 1 aliphatic rings. The third kappa shape index (κ3) is 0.747. The number of aromatic nitrogens is 1. The Morgan fingerprint density at radius 1 is 1.50 bits per heavy atom. The number of nitrogens with zero attached hydrogens (tertiary/aromatic N) is 1. The molecule has 0 saturated carbocycles. The van der Waals surface area contributed by atoms with Crippen LogP contribution in [0.3, 0.4) is 0 Å². The third-order valence-corrected chi connectivity index (χ3v) is 1.77. The molecule has 0 spiro atoms. The smallest absolute Gasteiger partial charge is 0.0516 e. The molecule has 0 aromatic carbocycles. The van der Waals surface area contributed by atoms with Crippen molar-refractivity contribution in [2.45, 2.75) is 13.3 Å². The molecule has 0 unspecified atom stereocenters. The monoisotopic (exact) mass is 131 g/mol. The Morgan fingerprint density at radius 3 is 3.20 bits per heavy atom. The molecular formula is C9H9N. The zero-order chi connectivity index (χ0) is 6.97. The molecule has 2 rings (SSSR count). The van der Waals surface area contributed by atoms with E-state index in [4.69, 9.17) is 0 Å². The number of fused-ring (bicyclic) bond motifs is 1. The largest absolute Gasteiger partial charge is 0.260 e. The minimum atomic E-state index is 1.04. The van der Waals surface area contributed by atoms with E-state index in [0.717, 1.165) is 6.42 Å². The summed E-state index contributed by atoms with van der Waals surface area (Å²) in [6.07, 6.45) is 5.09. The molecule has 1 heteroatoms. The van der Waals surface area contributed by atoms with Gasteiger partial charge in [0, 0.05) is 12.6 Å². The first-order valence-corrected chi connectivity index (χ1v) is 3.47. The molecule has 0 bridgehead atoms. The van der Waals surface area contributed by atoms with E-state index in [1.54, 1.807) is 0 Å². The molecule has 1 heterocycles. The van der Waals surface area contributed by atoms with Gasteiger partial charge in [-0.25, -0.2) is 0 Å². The van der Waals surface area contributed by atoms with Crippen molar-refractivity contribution in [1.82, 2.24) is 4.98 Å². The summed E-state index contributed by atoms with van der Waals surface area (Å²) in [4.78, 5) is 4.26. The molecule has 0 saturated heterocycles. The lowest BCUT2D eigenvalue weighted by molar-refractivity contribution is 1.08. The number of allylic oxidation sites excluding steroid dienone is 1. The van der Waals surface area contributed by atoms with E-state index < -0.39 is 0 Å². The van der Waals surface area contributed by atoms with Gasteiger partial charge in [-0.2, -0.15) is 0 Å². The van der Waals surface area contributed by atoms with Gasteiger partial charge in [0.2, 0.25) is 0 Å². The van der Waals surface area contributed by atoms with Crippen molar-refractivity contribution < 1.29 is 0 Å². The van der Waals surface area contributed by atoms with E-state index in [9.17, 15) is 0 Å². The SMILES string of the molecule is CC1=Cc2cccnc2C1. The quantitative estimate of drug-likeness (QED) is 0.525. The Morgan fingerprint density at radius 2 is 2.40 bits per heavy atom. The predicted molar refractivity (Wildman–Crippen MR) is 41.6 cm³/mol. The highest BCUT2D eigenvalue weighted by atomic mass is 14.7. The Bertz CT molecular complexity index is 287. The summed E-state index contributed by atoms with van der Waals surface area (Å²) < 4.78 is 0. The first-order chi connectivity index (χ1) is 4.86. The second kappa shape index (κ2) is 1.94. The van der Waals surface area contributed by atoms with Gasteiger partial charge in [0.05, 0.1) is 5.69 Å². The van der Waals surface area contributed by atoms with Crippen molar-refractivity contribution >= 4 is 6.08 Å². The van der Waals surface area contributed by atoms with Crippen LogP contribution in [0.5, 0.6) is 0 Å². The first-order valence-electron chi connectivity index (χ1n) is 3.47. The molecule has 0 atom stereocenters. The lowest BCUT2D eigenvalue weighted by Crippen LogP contribution is -1.85. The molecule has 10 heavy (non-hydrogen) atoms. The van der Waals surface area contributed by atoms with Gasteiger partial charge < -0.3 is 0 Å². The molecular weight excluding hydrogens is 122 g/mol. The normalized spacial score (nSPS) is 14.7. The molecule has 0 radical (unpaired) electrons. The molecule has 0 aliphatic heterocycles. The van der Waals surface area contributed by atoms with Gasteiger partial charge in [0.1, 0.15) is 0 Å². The van der Waals surface area contributed by atoms with Gasteiger partial charge in [0.25, 0.3) is 0 Å². The summed E-state index contributed by atoms with van der Waals surface area (Å²) in [7, 11) is 0. The number of rotatable bonds is 0. The van der Waals surface area contributed by atoms with Crippen LogP contribution < -0.4 is 0 Å². The van der Waals surface area contributed by atoms with Crippen molar-refractivity contribution in [2.24, 2.45) is 0 Å². The number of hydrogen-bond acceptors (Lipinski definition) is 1. The highest BCUT2D eigenvalue weighted by Crippen LogP contribution is 2.21. The Kier molecular flexibility index (Phi) is 1.10. The topological polar surface area (TPSA) is 12.9 Å². The summed E-state index contributed by atoms with van der Waals surface area (Å²) in [6.45, 7) is 2.14. The van der Waals surface area contributed by atoms with Gasteiger partial charge in [-0.15, -0.1) is 0 Å². The zero-order valence-corrected chi connectivity index (χ0v) is 5.96. The average Bonchev–Trinajstić information content (AvgIpc) is 2.27. The van der Waals surface area contributed by atoms with Crippen molar-refractivity contribution in [1.29, 1.82) is 0 Å². The highest BCUT2D eigenvalue weighted by molar-refractivity contribution is 5.60. The van der Waals surface area contributed by atoms with Crippen LogP contribution in [0.25, 0.3) is 6.08 Å². The van der Waals surface area contributed by atoms with Crippen LogP contribution in [-0.4, -0.2) is 4.98 Å². The Balaban J connectivity index is 2.54. The first kappa shape index (κ1) is 5.66. The van der Waals surface area contributed by atoms with Gasteiger partial charge in [-0.1, -0.05) is 17.7 Å². The second-order valence-corrected chi connectivity index (χ2v) is 2.71. The lowest BCUT2D eigenvalue weighted by Gasteiger charge is -1.92. The van der Waals surface area contributed by atoms with Gasteiger partial charge in [0.15, 0.2) is 0 Å². The lowest BCUT2D eigenvalue weighted by atomic mass is 10.2. The van der Waals surface area contributed by atoms with Crippen LogP contribution in [0.2, 0.25) is 0 Å². The van der Waals surface area contributed by atoms with Gasteiger partial charge in [-0.3, -0.25) is 4.98 Å². The minimum absolute atomic E-state index is 1.04. The second-order valence-electron chi connectivity index (χ2n) is 2.71. The van der Waals surface area contributed by atoms with Crippen LogP contribution in [0.15, 0.2) is 23.9 Å². The van der Waals surface area contributed by atoms with Crippen LogP contribution in [0, 0.1) is 0 Å². The molecule has 1 aliphatic carbocycles. The van der Waals surface area contributed by atoms with Crippen LogP contribution in [-0.2, 0) is 6.42 Å². The van der Waals surface area contributed by atoms with Crippen LogP contribution in [0.1, 0.15) is 18.2 Å². The molecule has 0 N–H and O–H groups in total. The molecule has 0 fully saturated rings. The summed E-state index contributed by atoms with van der Waals surface area (Å²) >= 11 is 0. The Labute approximate surface area is 60.4 Å². The summed E-state index contributed by atoms with van der Waals surface area (Å²) in [5.41, 5.74) is 3.92. The number of pyridine rings is 1. The Hall–Kier alpha value is -1.11. The van der Waals surface area contributed by atoms with E-state index in [2.05, 4.69) is 24.1 Å². The maximum absolute atomic E-state index is 4.26. The van der Waals surface area contributed by atoms with E-state index in [1.165, 1.54) is 16.8 Å². The maximum atomic E-state index is 4.26. The minimum Gasteiger partial charge on any atom is -0.260 e. The average molecular weight is 131 g/mol. The number of hydrogen-bond donors (Lipinski definition) is 0. The maximum Gasteiger partial charge on any atom is 0.0516 e. The molecule has 1 aromatic rings. The summed E-state index contributed by atoms with van der Waals surface area (Å²) in [5, 5.41) is 0. The summed E-state index contributed by atoms with van der Waals surface area (Å²) in [6, 6.07) is 4.09. The molecule has 1 nitrogen and oxygen atoms in total. The predicted octanol–water partition coefficient (Wildman–Crippen LogP) is 2.04. The highest BCUT2D eigenvalue weighted by Gasteiger charge is 2.08. The van der Waals surface area contributed by atoms with Crippen LogP contribution in [0.4, 0.5) is 0 Å². The molecule has 0 amide bonds. The standard InChI is InChI=1S/C9H9N/c1-7-5-8-3-2-4-10-9(8)6-7/h2-5H,6H2,1H3. The van der Waals surface area contributed by atoms with E-state index in [1.807, 2.05) is 12.3 Å². The van der Waals surface area contributed by atoms with Gasteiger partial charge in [-0.05, 0) is 18.6 Å². The zero-order valence-electron chi connectivity index (χ0n) is 5.96. The third-order valence-electron chi connectivity index (χ3n) is 1.77. The van der Waals surface area contributed by atoms with E-state index >= 15 is 0 Å². The molecule has 1 aromatic heterocycles. The fraction of sp³-hybridized carbons (Fsp3) is 0.222. The van der Waals surface area contributed by atoms with E-state index in [-0.39, 0.29) is 0 Å². The fourth-order valence-electron chi connectivity index (χ4n) is 1.31. The summed E-state index contributed by atoms with van der Waals surface area (Å²) in [5.74, 6) is 0. The van der Waals surface area contributed by atoms with Crippen molar-refractivity contribution in [3.63, 3.8) is 0 Å². The van der Waals surface area contributed by atoms with Gasteiger partial charge >= 0.3 is 0 Å². The molecule has 50 valence electrons. The van der Waals surface area contributed by atoms with Crippen molar-refractivity contribution in [3.05, 3.63) is 35.2 Å². The fourth-order valence-corrected chi connectivity index (χ4v) is 1.31. The van der Waals surface area contributed by atoms with E-state index in [0.29, 0.717) is 0 Å².